The first-order valence-electron chi connectivity index (χ1n) is 18.9. The number of carbonyl (C=O) groups is 2. The van der Waals surface area contributed by atoms with E-state index >= 15 is 0 Å². The number of esters is 1. The molecule has 58 heavy (non-hydrogen) atoms. The van der Waals surface area contributed by atoms with Crippen LogP contribution in [0.25, 0.3) is 33.1 Å². The van der Waals surface area contributed by atoms with Crippen LogP contribution in [0.4, 0.5) is 0 Å². The first kappa shape index (κ1) is 35.2. The molecular formula is C46H37N3O9. The number of hydrogen-bond acceptors (Lipinski definition) is 10. The molecule has 1 amide bonds. The molecule has 0 spiro atoms. The Morgan fingerprint density at radius 3 is 2.24 bits per heavy atom. The van der Waals surface area contributed by atoms with Crippen LogP contribution in [0, 0.1) is 11.8 Å². The number of fused-ring (bicyclic) bond motifs is 6. The molecule has 0 radical (unpaired) electrons. The number of amides is 1. The lowest BCUT2D eigenvalue weighted by Crippen LogP contribution is -2.43. The number of nitrogens with one attached hydrogen (secondary N) is 2. The number of H-pyrrole nitrogens is 1. The predicted molar refractivity (Wildman–Crippen MR) is 214 cm³/mol. The van der Waals surface area contributed by atoms with Crippen molar-refractivity contribution in [2.75, 3.05) is 34.7 Å². The largest absolute Gasteiger partial charge is 0.493 e. The topological polar surface area (TPSA) is 139 Å². The van der Waals surface area contributed by atoms with Crippen molar-refractivity contribution in [3.63, 3.8) is 0 Å². The van der Waals surface area contributed by atoms with E-state index in [-0.39, 0.29) is 25.1 Å². The summed E-state index contributed by atoms with van der Waals surface area (Å²) >= 11 is 0. The Morgan fingerprint density at radius 1 is 0.759 bits per heavy atom. The summed E-state index contributed by atoms with van der Waals surface area (Å²) in [7, 11) is 4.64. The molecule has 2 aromatic heterocycles. The summed E-state index contributed by atoms with van der Waals surface area (Å²) in [5.74, 6) is 1.33. The quantitative estimate of drug-likeness (QED) is 0.138. The monoisotopic (exact) mass is 775 g/mol. The van der Waals surface area contributed by atoms with E-state index in [4.69, 9.17) is 38.1 Å². The van der Waals surface area contributed by atoms with Gasteiger partial charge in [-0.1, -0.05) is 48.5 Å². The van der Waals surface area contributed by atoms with Crippen molar-refractivity contribution < 1.29 is 42.7 Å². The smallest absolute Gasteiger partial charge is 0.310 e. The lowest BCUT2D eigenvalue weighted by molar-refractivity contribution is -0.141. The van der Waals surface area contributed by atoms with Crippen LogP contribution in [0.2, 0.25) is 0 Å². The summed E-state index contributed by atoms with van der Waals surface area (Å²) in [6, 6.07) is 33.8. The maximum atomic E-state index is 14.8. The molecule has 1 fully saturated rings. The Hall–Kier alpha value is -7.21. The van der Waals surface area contributed by atoms with Crippen molar-refractivity contribution >= 4 is 33.7 Å². The third-order valence-electron chi connectivity index (χ3n) is 11.3. The fourth-order valence-electron chi connectivity index (χ4n) is 8.75. The number of hydrogen-bond donors (Lipinski definition) is 2. The second-order valence-corrected chi connectivity index (χ2v) is 14.4. The van der Waals surface area contributed by atoms with Gasteiger partial charge in [-0.25, -0.2) is 4.98 Å². The standard InChI is InChI=1S/C46H37N3O9/c1-52-37-17-25(18-38(53-2)44(37)54-3)39-29-20-35-36(57-23-56-35)21-31(29)42(32-22-55-46(51)40(32)39)49-45(50)34-19-30-28-14-7-8-15-33(28)47-43(30)41(48-34)24-10-9-13-27(16-24)58-26-11-5-4-6-12-26/h4-21,32,39-40,42,47H,22-23H2,1-3H3,(H,49,50)/t32-,39+,40-,42+/m0/s1. The number of para-hydroxylation sites is 2. The third kappa shape index (κ3) is 5.78. The van der Waals surface area contributed by atoms with Crippen LogP contribution in [-0.4, -0.2) is 56.6 Å². The molecule has 1 saturated heterocycles. The molecule has 12 heteroatoms. The average molecular weight is 776 g/mol. The van der Waals surface area contributed by atoms with Crippen molar-refractivity contribution in [2.24, 2.45) is 11.8 Å². The minimum Gasteiger partial charge on any atom is -0.493 e. The van der Waals surface area contributed by atoms with Crippen LogP contribution in [0.3, 0.4) is 0 Å². The number of ether oxygens (including phenoxy) is 7. The zero-order valence-electron chi connectivity index (χ0n) is 31.7. The van der Waals surface area contributed by atoms with E-state index in [2.05, 4.69) is 10.3 Å². The van der Waals surface area contributed by atoms with Crippen LogP contribution < -0.4 is 33.7 Å². The zero-order valence-corrected chi connectivity index (χ0v) is 31.7. The minimum atomic E-state index is -0.673. The number of pyridine rings is 1. The molecule has 4 heterocycles. The van der Waals surface area contributed by atoms with Crippen molar-refractivity contribution in [3.8, 4) is 51.5 Å². The number of nitrogens with zero attached hydrogens (tertiary/aromatic N) is 1. The second-order valence-electron chi connectivity index (χ2n) is 14.4. The van der Waals surface area contributed by atoms with Crippen molar-refractivity contribution in [1.82, 2.24) is 15.3 Å². The normalized spacial score (nSPS) is 19.0. The maximum absolute atomic E-state index is 14.8. The molecule has 2 N–H and O–H groups in total. The van der Waals surface area contributed by atoms with Crippen molar-refractivity contribution in [3.05, 3.63) is 132 Å². The number of aromatic amines is 1. The lowest BCUT2D eigenvalue weighted by Gasteiger charge is -2.39. The second kappa shape index (κ2) is 14.1. The van der Waals surface area contributed by atoms with Crippen LogP contribution in [0.15, 0.2) is 109 Å². The molecular weight excluding hydrogens is 739 g/mol. The zero-order chi connectivity index (χ0) is 39.5. The summed E-state index contributed by atoms with van der Waals surface area (Å²) < 4.78 is 40.8. The summed E-state index contributed by atoms with van der Waals surface area (Å²) in [5, 5.41) is 5.09. The molecule has 7 aromatic rings. The fraction of sp³-hybridized carbons (Fsp3) is 0.196. The highest BCUT2D eigenvalue weighted by Gasteiger charge is 2.53. The van der Waals surface area contributed by atoms with E-state index in [0.717, 1.165) is 44.1 Å². The van der Waals surface area contributed by atoms with Crippen molar-refractivity contribution in [1.29, 1.82) is 0 Å². The highest BCUT2D eigenvalue weighted by Crippen LogP contribution is 2.55. The van der Waals surface area contributed by atoms with Crippen LogP contribution >= 0.6 is 0 Å². The number of benzene rings is 5. The van der Waals surface area contributed by atoms with E-state index in [0.29, 0.717) is 45.9 Å². The van der Waals surface area contributed by atoms with E-state index in [1.54, 1.807) is 21.3 Å². The fourth-order valence-corrected chi connectivity index (χ4v) is 8.75. The van der Waals surface area contributed by atoms with Crippen LogP contribution in [0.1, 0.15) is 39.1 Å². The lowest BCUT2D eigenvalue weighted by atomic mass is 9.65. The van der Waals surface area contributed by atoms with E-state index in [9.17, 15) is 9.59 Å². The molecule has 0 saturated carbocycles. The Labute approximate surface area is 332 Å². The summed E-state index contributed by atoms with van der Waals surface area (Å²) in [6.07, 6.45) is 0. The van der Waals surface area contributed by atoms with Gasteiger partial charge in [0.1, 0.15) is 17.2 Å². The van der Waals surface area contributed by atoms with Gasteiger partial charge in [-0.05, 0) is 77.4 Å². The van der Waals surface area contributed by atoms with Gasteiger partial charge in [-0.15, -0.1) is 0 Å². The Balaban J connectivity index is 1.09. The van der Waals surface area contributed by atoms with Crippen molar-refractivity contribution in [2.45, 2.75) is 12.0 Å². The Morgan fingerprint density at radius 2 is 1.48 bits per heavy atom. The first-order chi connectivity index (χ1) is 28.4. The van der Waals surface area contributed by atoms with E-state index in [1.807, 2.05) is 109 Å². The third-order valence-corrected chi connectivity index (χ3v) is 11.3. The van der Waals surface area contributed by atoms with Gasteiger partial charge in [-0.2, -0.15) is 0 Å². The van der Waals surface area contributed by atoms with Gasteiger partial charge >= 0.3 is 5.97 Å². The SMILES string of the molecule is COc1cc([C@@H]2c3cc4c(cc3[C@@H](NC(=O)c3cc5c([nH]c6ccccc65)c(-c5cccc(Oc6ccccc6)c5)n3)[C@H]3COC(=O)[C@H]23)OCO4)cc(OC)c1OC. The predicted octanol–water partition coefficient (Wildman–Crippen LogP) is 8.34. The highest BCUT2D eigenvalue weighted by atomic mass is 16.7. The van der Waals surface area contributed by atoms with Gasteiger partial charge in [0.25, 0.3) is 5.91 Å². The number of aromatic nitrogens is 2. The number of methoxy groups -OCH3 is 3. The Bertz CT molecular complexity index is 2740. The molecule has 0 unspecified atom stereocenters. The molecule has 3 aliphatic rings. The number of rotatable bonds is 9. The van der Waals surface area contributed by atoms with Gasteiger partial charge in [0, 0.05) is 33.7 Å². The van der Waals surface area contributed by atoms with Crippen LogP contribution in [-0.2, 0) is 9.53 Å². The van der Waals surface area contributed by atoms with E-state index in [1.165, 1.54) is 0 Å². The van der Waals surface area contributed by atoms with Crippen LogP contribution in [0.5, 0.6) is 40.2 Å². The molecule has 10 rings (SSSR count). The number of carbonyl (C=O) groups excluding carboxylic acids is 2. The van der Waals surface area contributed by atoms with Gasteiger partial charge in [0.15, 0.2) is 23.0 Å². The summed E-state index contributed by atoms with van der Waals surface area (Å²) in [4.78, 5) is 37.2. The van der Waals surface area contributed by atoms with Gasteiger partial charge in [0.2, 0.25) is 12.5 Å². The molecule has 290 valence electrons. The van der Waals surface area contributed by atoms with E-state index < -0.39 is 29.7 Å². The first-order valence-corrected chi connectivity index (χ1v) is 18.9. The van der Waals surface area contributed by atoms with Gasteiger partial charge in [-0.3, -0.25) is 9.59 Å². The molecule has 5 aromatic carbocycles. The molecule has 2 aliphatic heterocycles. The minimum absolute atomic E-state index is 0.0495. The molecule has 0 bridgehead atoms. The number of cyclic esters (lactones) is 1. The molecule has 4 atom stereocenters. The molecule has 12 nitrogen and oxygen atoms in total. The summed E-state index contributed by atoms with van der Waals surface area (Å²) in [5.41, 5.74) is 5.56. The van der Waals surface area contributed by atoms with Gasteiger partial charge in [0.05, 0.1) is 51.1 Å². The molecule has 1 aliphatic carbocycles. The maximum Gasteiger partial charge on any atom is 0.310 e. The Kier molecular flexibility index (Phi) is 8.54. The average Bonchev–Trinajstić information content (AvgIpc) is 3.99. The summed E-state index contributed by atoms with van der Waals surface area (Å²) in [6.45, 7) is 0.144. The highest BCUT2D eigenvalue weighted by molar-refractivity contribution is 6.13. The van der Waals surface area contributed by atoms with Gasteiger partial charge < -0.3 is 43.5 Å².